The average Bonchev–Trinajstić information content (AvgIpc) is 3.45. The Bertz CT molecular complexity index is 2460. The zero-order chi connectivity index (χ0) is 32.4. The summed E-state index contributed by atoms with van der Waals surface area (Å²) >= 11 is 0. The molecule has 2 aliphatic carbocycles. The standard InChI is InChI=1S/C46H40N2/c1-45(2)38-17-10-16-36-37-27-32(28-41-43(37)48(42(36)38)44-39(45)18-11-19-40(44)46(41,3)4)30-20-23-34(24-21-30)47(33-14-6-5-7-15-33)35-25-22-29-12-8-9-13-31(29)26-35/h5-17,19-20,22-28,30,39H,18,21H2,1-4H3. The van der Waals surface area contributed by atoms with Gasteiger partial charge in [-0.05, 0) is 82.3 Å². The Hall–Kier alpha value is -5.08. The quantitative estimate of drug-likeness (QED) is 0.190. The van der Waals surface area contributed by atoms with Crippen molar-refractivity contribution in [3.05, 3.63) is 161 Å². The molecule has 0 spiro atoms. The van der Waals surface area contributed by atoms with Crippen LogP contribution in [0.25, 0.3) is 38.3 Å². The Morgan fingerprint density at radius 3 is 2.27 bits per heavy atom. The van der Waals surface area contributed by atoms with Crippen LogP contribution in [0, 0.1) is 5.92 Å². The third-order valence-corrected chi connectivity index (χ3v) is 12.1. The van der Waals surface area contributed by atoms with Gasteiger partial charge in [-0.1, -0.05) is 125 Å². The highest BCUT2D eigenvalue weighted by atomic mass is 15.1. The first-order valence-electron chi connectivity index (χ1n) is 17.6. The number of para-hydroxylation sites is 2. The van der Waals surface area contributed by atoms with Gasteiger partial charge in [0.1, 0.15) is 0 Å². The number of anilines is 2. The summed E-state index contributed by atoms with van der Waals surface area (Å²) in [6, 6.07) is 38.4. The first kappa shape index (κ1) is 28.0. The van der Waals surface area contributed by atoms with Crippen LogP contribution in [0.1, 0.15) is 63.1 Å². The molecule has 48 heavy (non-hydrogen) atoms. The van der Waals surface area contributed by atoms with Crippen molar-refractivity contribution in [2.24, 2.45) is 5.92 Å². The highest BCUT2D eigenvalue weighted by molar-refractivity contribution is 6.15. The van der Waals surface area contributed by atoms with Crippen molar-refractivity contribution in [3.63, 3.8) is 0 Å². The molecule has 0 fully saturated rings. The summed E-state index contributed by atoms with van der Waals surface area (Å²) in [6.07, 6.45) is 14.2. The molecule has 234 valence electrons. The molecular formula is C46H40N2. The Labute approximate surface area is 283 Å². The number of hydrogen-bond donors (Lipinski definition) is 0. The van der Waals surface area contributed by atoms with Gasteiger partial charge in [-0.3, -0.25) is 0 Å². The maximum absolute atomic E-state index is 2.69. The molecule has 0 saturated carbocycles. The van der Waals surface area contributed by atoms with Gasteiger partial charge in [0.25, 0.3) is 0 Å². The zero-order valence-electron chi connectivity index (χ0n) is 28.2. The van der Waals surface area contributed by atoms with Crippen LogP contribution in [-0.4, -0.2) is 4.57 Å². The molecule has 5 aromatic carbocycles. The second-order valence-corrected chi connectivity index (χ2v) is 15.4. The lowest BCUT2D eigenvalue weighted by Crippen LogP contribution is -2.40. The molecule has 2 aliphatic heterocycles. The molecule has 2 heteroatoms. The maximum Gasteiger partial charge on any atom is 0.0579 e. The molecular weight excluding hydrogens is 581 g/mol. The van der Waals surface area contributed by atoms with Crippen LogP contribution in [0.2, 0.25) is 0 Å². The molecule has 1 aromatic heterocycles. The van der Waals surface area contributed by atoms with E-state index in [1.165, 1.54) is 71.9 Å². The molecule has 0 saturated heterocycles. The van der Waals surface area contributed by atoms with Crippen LogP contribution < -0.4 is 4.90 Å². The lowest BCUT2D eigenvalue weighted by molar-refractivity contribution is 0.371. The normalized spacial score (nSPS) is 21.4. The largest absolute Gasteiger partial charge is 0.312 e. The lowest BCUT2D eigenvalue weighted by atomic mass is 9.62. The summed E-state index contributed by atoms with van der Waals surface area (Å²) in [7, 11) is 0. The highest BCUT2D eigenvalue weighted by Crippen LogP contribution is 2.59. The molecule has 0 amide bonds. The number of nitrogens with zero attached hydrogens (tertiary/aromatic N) is 2. The number of allylic oxidation sites excluding steroid dienone is 7. The molecule has 3 heterocycles. The van der Waals surface area contributed by atoms with Crippen molar-refractivity contribution in [2.45, 2.75) is 57.3 Å². The van der Waals surface area contributed by atoms with Crippen molar-refractivity contribution in [3.8, 4) is 0 Å². The average molecular weight is 621 g/mol. The topological polar surface area (TPSA) is 8.17 Å². The minimum Gasteiger partial charge on any atom is -0.312 e. The van der Waals surface area contributed by atoms with Gasteiger partial charge < -0.3 is 9.47 Å². The number of benzene rings is 5. The third kappa shape index (κ3) is 3.69. The fraction of sp³-hybridized carbons (Fsp3) is 0.217. The number of aromatic nitrogens is 1. The van der Waals surface area contributed by atoms with Gasteiger partial charge in [0, 0.05) is 56.2 Å². The highest BCUT2D eigenvalue weighted by Gasteiger charge is 2.48. The van der Waals surface area contributed by atoms with Crippen LogP contribution in [0.15, 0.2) is 145 Å². The number of rotatable bonds is 4. The van der Waals surface area contributed by atoms with Gasteiger partial charge >= 0.3 is 0 Å². The van der Waals surface area contributed by atoms with Crippen LogP contribution in [0.3, 0.4) is 0 Å². The summed E-state index contributed by atoms with van der Waals surface area (Å²) in [5.41, 5.74) is 13.9. The van der Waals surface area contributed by atoms with Gasteiger partial charge in [0.05, 0.1) is 11.0 Å². The third-order valence-electron chi connectivity index (χ3n) is 12.1. The van der Waals surface area contributed by atoms with E-state index in [2.05, 4.69) is 171 Å². The lowest BCUT2D eigenvalue weighted by Gasteiger charge is -2.48. The van der Waals surface area contributed by atoms with Gasteiger partial charge in [-0.15, -0.1) is 0 Å². The SMILES string of the molecule is CC1(C)C2=C3C(CC=C2)C(C)(C)c2cccc4c5cc(C6C=CC(N(c7ccccc7)c7ccc8ccccc8c7)=CC6)cc1c5n3c24. The van der Waals surface area contributed by atoms with E-state index < -0.39 is 0 Å². The minimum absolute atomic E-state index is 0.0731. The smallest absolute Gasteiger partial charge is 0.0579 e. The van der Waals surface area contributed by atoms with Crippen molar-refractivity contribution < 1.29 is 0 Å². The molecule has 6 aromatic rings. The first-order chi connectivity index (χ1) is 23.3. The van der Waals surface area contributed by atoms with E-state index in [-0.39, 0.29) is 10.8 Å². The van der Waals surface area contributed by atoms with Crippen molar-refractivity contribution in [2.75, 3.05) is 4.90 Å². The molecule has 0 radical (unpaired) electrons. The molecule has 0 N–H and O–H groups in total. The zero-order valence-corrected chi connectivity index (χ0v) is 28.2. The fourth-order valence-electron chi connectivity index (χ4n) is 9.51. The van der Waals surface area contributed by atoms with Crippen molar-refractivity contribution >= 4 is 49.7 Å². The van der Waals surface area contributed by atoms with Crippen LogP contribution >= 0.6 is 0 Å². The second-order valence-electron chi connectivity index (χ2n) is 15.4. The molecule has 4 aliphatic rings. The van der Waals surface area contributed by atoms with Crippen molar-refractivity contribution in [1.29, 1.82) is 0 Å². The maximum atomic E-state index is 2.69. The van der Waals surface area contributed by atoms with E-state index in [1.54, 1.807) is 5.70 Å². The monoisotopic (exact) mass is 620 g/mol. The molecule has 2 unspecified atom stereocenters. The molecule has 2 atom stereocenters. The molecule has 2 nitrogen and oxygen atoms in total. The first-order valence-corrected chi connectivity index (χ1v) is 17.6. The van der Waals surface area contributed by atoms with Gasteiger partial charge in [-0.2, -0.15) is 0 Å². The Morgan fingerprint density at radius 1 is 0.667 bits per heavy atom. The van der Waals surface area contributed by atoms with E-state index in [9.17, 15) is 0 Å². The summed E-state index contributed by atoms with van der Waals surface area (Å²) < 4.78 is 2.69. The van der Waals surface area contributed by atoms with E-state index in [4.69, 9.17) is 0 Å². The Morgan fingerprint density at radius 2 is 1.46 bits per heavy atom. The fourth-order valence-corrected chi connectivity index (χ4v) is 9.51. The summed E-state index contributed by atoms with van der Waals surface area (Å²) in [5, 5.41) is 5.33. The van der Waals surface area contributed by atoms with E-state index in [0.717, 1.165) is 12.8 Å². The molecule has 0 bridgehead atoms. The summed E-state index contributed by atoms with van der Waals surface area (Å²) in [5.74, 6) is 0.797. The predicted octanol–water partition coefficient (Wildman–Crippen LogP) is 12.1. The number of fused-ring (bicyclic) bond motifs is 2. The van der Waals surface area contributed by atoms with Gasteiger partial charge in [-0.25, -0.2) is 0 Å². The van der Waals surface area contributed by atoms with E-state index in [0.29, 0.717) is 11.8 Å². The van der Waals surface area contributed by atoms with Gasteiger partial charge in [0.15, 0.2) is 0 Å². The van der Waals surface area contributed by atoms with Gasteiger partial charge in [0.2, 0.25) is 0 Å². The van der Waals surface area contributed by atoms with Crippen LogP contribution in [-0.2, 0) is 10.8 Å². The van der Waals surface area contributed by atoms with Crippen molar-refractivity contribution in [1.82, 2.24) is 4.57 Å². The summed E-state index contributed by atoms with van der Waals surface area (Å²) in [4.78, 5) is 2.40. The minimum atomic E-state index is -0.0731. The Balaban J connectivity index is 1.10. The molecule has 10 rings (SSSR count). The van der Waals surface area contributed by atoms with E-state index >= 15 is 0 Å². The Kier molecular flexibility index (Phi) is 5.67. The predicted molar refractivity (Wildman–Crippen MR) is 203 cm³/mol. The van der Waals surface area contributed by atoms with Crippen LogP contribution in [0.5, 0.6) is 0 Å². The summed E-state index contributed by atoms with van der Waals surface area (Å²) in [6.45, 7) is 9.86. The van der Waals surface area contributed by atoms with E-state index in [1.807, 2.05) is 0 Å². The number of hydrogen-bond acceptors (Lipinski definition) is 1. The van der Waals surface area contributed by atoms with Crippen LogP contribution in [0.4, 0.5) is 11.4 Å². The second kappa shape index (κ2) is 9.73.